The first-order chi connectivity index (χ1) is 10.5. The summed E-state index contributed by atoms with van der Waals surface area (Å²) in [6.45, 7) is 3.90. The highest BCUT2D eigenvalue weighted by atomic mass is 79.9. The molecule has 0 unspecified atom stereocenters. The van der Waals surface area contributed by atoms with E-state index in [1.54, 1.807) is 24.3 Å². The highest BCUT2D eigenvalue weighted by Crippen LogP contribution is 2.18. The van der Waals surface area contributed by atoms with Crippen LogP contribution in [0.25, 0.3) is 0 Å². The van der Waals surface area contributed by atoms with Gasteiger partial charge in [0.1, 0.15) is 11.5 Å². The Morgan fingerprint density at radius 1 is 1.05 bits per heavy atom. The smallest absolute Gasteiger partial charge is 0.262 e. The maximum absolute atomic E-state index is 11.8. The highest BCUT2D eigenvalue weighted by molar-refractivity contribution is 9.10. The molecule has 116 valence electrons. The van der Waals surface area contributed by atoms with Crippen LogP contribution in [0.1, 0.15) is 13.8 Å². The number of nitrogens with one attached hydrogen (secondary N) is 1. The molecule has 2 rings (SSSR count). The van der Waals surface area contributed by atoms with Crippen LogP contribution in [-0.2, 0) is 4.79 Å². The molecule has 0 aromatic heterocycles. The number of amides is 1. The first-order valence-electron chi connectivity index (χ1n) is 6.98. The van der Waals surface area contributed by atoms with E-state index in [9.17, 15) is 4.79 Å². The maximum Gasteiger partial charge on any atom is 0.262 e. The fourth-order valence-corrected chi connectivity index (χ4v) is 2.03. The topological polar surface area (TPSA) is 47.6 Å². The number of rotatable bonds is 6. The Balaban J connectivity index is 1.82. The van der Waals surface area contributed by atoms with Crippen LogP contribution in [0.4, 0.5) is 5.69 Å². The molecule has 0 aliphatic rings. The van der Waals surface area contributed by atoms with Gasteiger partial charge in [0.15, 0.2) is 6.61 Å². The molecular formula is C17H18BrNO3. The van der Waals surface area contributed by atoms with E-state index < -0.39 is 0 Å². The fourth-order valence-electron chi connectivity index (χ4n) is 1.77. The number of ether oxygens (including phenoxy) is 2. The van der Waals surface area contributed by atoms with E-state index in [1.165, 1.54) is 0 Å². The zero-order valence-electron chi connectivity index (χ0n) is 12.5. The van der Waals surface area contributed by atoms with Gasteiger partial charge in [-0.3, -0.25) is 4.79 Å². The number of benzene rings is 2. The van der Waals surface area contributed by atoms with Crippen molar-refractivity contribution in [2.75, 3.05) is 11.9 Å². The van der Waals surface area contributed by atoms with Gasteiger partial charge in [-0.25, -0.2) is 0 Å². The molecule has 0 fully saturated rings. The number of carbonyl (C=O) groups is 1. The molecule has 1 N–H and O–H groups in total. The number of hydrogen-bond acceptors (Lipinski definition) is 3. The molecule has 0 heterocycles. The Hall–Kier alpha value is -2.01. The molecule has 0 radical (unpaired) electrons. The number of anilines is 1. The van der Waals surface area contributed by atoms with E-state index in [2.05, 4.69) is 21.2 Å². The van der Waals surface area contributed by atoms with Gasteiger partial charge in [0.25, 0.3) is 5.91 Å². The molecule has 0 atom stereocenters. The lowest BCUT2D eigenvalue weighted by molar-refractivity contribution is -0.118. The molecule has 4 nitrogen and oxygen atoms in total. The van der Waals surface area contributed by atoms with E-state index in [0.29, 0.717) is 11.4 Å². The largest absolute Gasteiger partial charge is 0.491 e. The molecule has 0 aliphatic heterocycles. The summed E-state index contributed by atoms with van der Waals surface area (Å²) in [6, 6.07) is 14.6. The predicted octanol–water partition coefficient (Wildman–Crippen LogP) is 4.25. The van der Waals surface area contributed by atoms with Crippen LogP contribution in [0.2, 0.25) is 0 Å². The Bertz CT molecular complexity index is 609. The van der Waals surface area contributed by atoms with Crippen LogP contribution >= 0.6 is 15.9 Å². The van der Waals surface area contributed by atoms with Crippen molar-refractivity contribution in [2.24, 2.45) is 0 Å². The van der Waals surface area contributed by atoms with Gasteiger partial charge in [-0.05, 0) is 62.4 Å². The summed E-state index contributed by atoms with van der Waals surface area (Å²) in [7, 11) is 0. The van der Waals surface area contributed by atoms with Crippen LogP contribution in [0.3, 0.4) is 0 Å². The average Bonchev–Trinajstić information content (AvgIpc) is 2.48. The van der Waals surface area contributed by atoms with Crippen molar-refractivity contribution < 1.29 is 14.3 Å². The summed E-state index contributed by atoms with van der Waals surface area (Å²) in [5.74, 6) is 1.22. The second-order valence-electron chi connectivity index (χ2n) is 4.98. The van der Waals surface area contributed by atoms with Crippen LogP contribution in [-0.4, -0.2) is 18.6 Å². The third kappa shape index (κ3) is 5.41. The van der Waals surface area contributed by atoms with Crippen LogP contribution < -0.4 is 14.8 Å². The van der Waals surface area contributed by atoms with E-state index >= 15 is 0 Å². The molecule has 2 aromatic carbocycles. The SMILES string of the molecule is CC(C)Oc1ccc(NC(=O)COc2ccc(Br)cc2)cc1. The summed E-state index contributed by atoms with van der Waals surface area (Å²) in [4.78, 5) is 11.8. The first-order valence-corrected chi connectivity index (χ1v) is 7.77. The lowest BCUT2D eigenvalue weighted by atomic mass is 10.3. The molecule has 1 amide bonds. The van der Waals surface area contributed by atoms with Crippen molar-refractivity contribution in [2.45, 2.75) is 20.0 Å². The Kier molecular flexibility index (Phi) is 5.83. The van der Waals surface area contributed by atoms with Crippen molar-refractivity contribution in [3.05, 3.63) is 53.0 Å². The average molecular weight is 364 g/mol. The van der Waals surface area contributed by atoms with Crippen LogP contribution in [0.5, 0.6) is 11.5 Å². The quantitative estimate of drug-likeness (QED) is 0.834. The maximum atomic E-state index is 11.8. The molecule has 5 heteroatoms. The van der Waals surface area contributed by atoms with Crippen molar-refractivity contribution in [3.63, 3.8) is 0 Å². The minimum absolute atomic E-state index is 0.0358. The molecule has 0 saturated heterocycles. The minimum atomic E-state index is -0.208. The summed E-state index contributed by atoms with van der Waals surface area (Å²) in [5.41, 5.74) is 0.709. The molecule has 2 aromatic rings. The zero-order chi connectivity index (χ0) is 15.9. The van der Waals surface area contributed by atoms with E-state index in [0.717, 1.165) is 10.2 Å². The number of hydrogen-bond donors (Lipinski definition) is 1. The number of halogens is 1. The molecule has 0 spiro atoms. The van der Waals surface area contributed by atoms with Gasteiger partial charge in [0, 0.05) is 10.2 Å². The third-order valence-corrected chi connectivity index (χ3v) is 3.22. The second kappa shape index (κ2) is 7.84. The van der Waals surface area contributed by atoms with Crippen LogP contribution in [0.15, 0.2) is 53.0 Å². The van der Waals surface area contributed by atoms with E-state index in [-0.39, 0.29) is 18.6 Å². The standard InChI is InChI=1S/C17H18BrNO3/c1-12(2)22-16-9-5-14(6-10-16)19-17(20)11-21-15-7-3-13(18)4-8-15/h3-10,12H,11H2,1-2H3,(H,19,20). The van der Waals surface area contributed by atoms with Crippen molar-refractivity contribution in [1.82, 2.24) is 0 Å². The molecule has 0 saturated carbocycles. The Labute approximate surface area is 138 Å². The van der Waals surface area contributed by atoms with Gasteiger partial charge < -0.3 is 14.8 Å². The van der Waals surface area contributed by atoms with Gasteiger partial charge in [0.05, 0.1) is 6.10 Å². The normalized spacial score (nSPS) is 10.4. The summed E-state index contributed by atoms with van der Waals surface area (Å²) < 4.78 is 11.9. The lowest BCUT2D eigenvalue weighted by Crippen LogP contribution is -2.20. The van der Waals surface area contributed by atoms with E-state index in [4.69, 9.17) is 9.47 Å². The van der Waals surface area contributed by atoms with Gasteiger partial charge in [-0.2, -0.15) is 0 Å². The van der Waals surface area contributed by atoms with Gasteiger partial charge in [-0.15, -0.1) is 0 Å². The summed E-state index contributed by atoms with van der Waals surface area (Å²) >= 11 is 3.35. The fraction of sp³-hybridized carbons (Fsp3) is 0.235. The van der Waals surface area contributed by atoms with Crippen molar-refractivity contribution in [3.8, 4) is 11.5 Å². The van der Waals surface area contributed by atoms with E-state index in [1.807, 2.05) is 38.1 Å². The van der Waals surface area contributed by atoms with Gasteiger partial charge >= 0.3 is 0 Å². The highest BCUT2D eigenvalue weighted by Gasteiger charge is 2.04. The summed E-state index contributed by atoms with van der Waals surface area (Å²) in [5, 5.41) is 2.78. The zero-order valence-corrected chi connectivity index (χ0v) is 14.1. The van der Waals surface area contributed by atoms with Crippen LogP contribution in [0, 0.1) is 0 Å². The molecular weight excluding hydrogens is 346 g/mol. The minimum Gasteiger partial charge on any atom is -0.491 e. The second-order valence-corrected chi connectivity index (χ2v) is 5.90. The Morgan fingerprint density at radius 3 is 2.23 bits per heavy atom. The van der Waals surface area contributed by atoms with Crippen molar-refractivity contribution in [1.29, 1.82) is 0 Å². The Morgan fingerprint density at radius 2 is 1.64 bits per heavy atom. The number of carbonyl (C=O) groups excluding carboxylic acids is 1. The third-order valence-electron chi connectivity index (χ3n) is 2.69. The first kappa shape index (κ1) is 16.4. The monoisotopic (exact) mass is 363 g/mol. The predicted molar refractivity (Wildman–Crippen MR) is 90.5 cm³/mol. The molecule has 22 heavy (non-hydrogen) atoms. The van der Waals surface area contributed by atoms with Gasteiger partial charge in [-0.1, -0.05) is 15.9 Å². The molecule has 0 bridgehead atoms. The summed E-state index contributed by atoms with van der Waals surface area (Å²) in [6.07, 6.45) is 0.125. The van der Waals surface area contributed by atoms with Crippen molar-refractivity contribution >= 4 is 27.5 Å². The molecule has 0 aliphatic carbocycles. The van der Waals surface area contributed by atoms with Gasteiger partial charge in [0.2, 0.25) is 0 Å². The lowest BCUT2D eigenvalue weighted by Gasteiger charge is -2.11.